The van der Waals surface area contributed by atoms with E-state index in [2.05, 4.69) is 34.5 Å². The Hall–Kier alpha value is -2.53. The molecule has 5 nitrogen and oxygen atoms in total. The number of carbonyl (C=O) groups excluding carboxylic acids is 1. The molecule has 2 aromatic rings. The Kier molecular flexibility index (Phi) is 7.31. The van der Waals surface area contributed by atoms with Gasteiger partial charge in [-0.05, 0) is 56.1 Å². The zero-order chi connectivity index (χ0) is 19.8. The van der Waals surface area contributed by atoms with Crippen LogP contribution in [0.2, 0.25) is 0 Å². The average Bonchev–Trinajstić information content (AvgIpc) is 2.77. The van der Waals surface area contributed by atoms with Gasteiger partial charge in [-0.1, -0.05) is 36.8 Å². The molecule has 1 heterocycles. The molecule has 2 aromatic carbocycles. The minimum atomic E-state index is -0.0870. The molecule has 0 saturated carbocycles. The number of carbonyl (C=O) groups is 1. The minimum Gasteiger partial charge on any atom is -0.493 e. The van der Waals surface area contributed by atoms with E-state index in [1.165, 1.54) is 24.8 Å². The van der Waals surface area contributed by atoms with Crippen LogP contribution in [0, 0.1) is 0 Å². The number of rotatable bonds is 8. The summed E-state index contributed by atoms with van der Waals surface area (Å²) < 4.78 is 10.6. The molecule has 1 saturated heterocycles. The Bertz CT molecular complexity index is 758. The fourth-order valence-electron chi connectivity index (χ4n) is 3.79. The van der Waals surface area contributed by atoms with Crippen molar-refractivity contribution in [3.05, 3.63) is 59.7 Å². The van der Waals surface area contributed by atoms with E-state index in [0.717, 1.165) is 19.5 Å². The largest absolute Gasteiger partial charge is 0.493 e. The topological polar surface area (TPSA) is 50.8 Å². The number of amides is 1. The Morgan fingerprint density at radius 2 is 1.71 bits per heavy atom. The van der Waals surface area contributed by atoms with Gasteiger partial charge in [-0.15, -0.1) is 0 Å². The van der Waals surface area contributed by atoms with Crippen molar-refractivity contribution in [1.82, 2.24) is 10.2 Å². The molecule has 0 aliphatic carbocycles. The highest BCUT2D eigenvalue weighted by Crippen LogP contribution is 2.27. The number of likely N-dealkylation sites (tertiary alicyclic amines) is 1. The second-order valence-electron chi connectivity index (χ2n) is 7.22. The molecule has 1 N–H and O–H groups in total. The predicted molar refractivity (Wildman–Crippen MR) is 111 cm³/mol. The van der Waals surface area contributed by atoms with Crippen molar-refractivity contribution in [3.8, 4) is 11.5 Å². The van der Waals surface area contributed by atoms with E-state index in [-0.39, 0.29) is 5.91 Å². The summed E-state index contributed by atoms with van der Waals surface area (Å²) in [7, 11) is 3.16. The number of ether oxygens (including phenoxy) is 2. The summed E-state index contributed by atoms with van der Waals surface area (Å²) in [6.45, 7) is 2.83. The molecule has 1 atom stereocenters. The average molecular weight is 383 g/mol. The molecule has 1 amide bonds. The molecule has 0 bridgehead atoms. The maximum Gasteiger partial charge on any atom is 0.251 e. The summed E-state index contributed by atoms with van der Waals surface area (Å²) in [4.78, 5) is 15.2. The van der Waals surface area contributed by atoms with Crippen LogP contribution in [0.3, 0.4) is 0 Å². The highest BCUT2D eigenvalue weighted by Gasteiger charge is 2.22. The third-order valence-corrected chi connectivity index (χ3v) is 5.37. The molecular weight excluding hydrogens is 352 g/mol. The molecule has 1 fully saturated rings. The van der Waals surface area contributed by atoms with Gasteiger partial charge in [-0.25, -0.2) is 0 Å². The van der Waals surface area contributed by atoms with E-state index in [4.69, 9.17) is 9.47 Å². The van der Waals surface area contributed by atoms with E-state index < -0.39 is 0 Å². The third kappa shape index (κ3) is 5.26. The molecule has 3 rings (SSSR count). The fraction of sp³-hybridized carbons (Fsp3) is 0.435. The molecule has 0 radical (unpaired) electrons. The Balaban J connectivity index is 1.67. The second-order valence-corrected chi connectivity index (χ2v) is 7.22. The first-order valence-corrected chi connectivity index (χ1v) is 9.99. The fourth-order valence-corrected chi connectivity index (χ4v) is 3.79. The molecule has 150 valence electrons. The van der Waals surface area contributed by atoms with Crippen LogP contribution in [-0.2, 0) is 6.42 Å². The van der Waals surface area contributed by atoms with E-state index in [9.17, 15) is 4.79 Å². The molecule has 1 unspecified atom stereocenters. The highest BCUT2D eigenvalue weighted by atomic mass is 16.5. The molecule has 0 aromatic heterocycles. The van der Waals surface area contributed by atoms with Gasteiger partial charge in [0.1, 0.15) is 0 Å². The first-order chi connectivity index (χ1) is 13.7. The van der Waals surface area contributed by atoms with Gasteiger partial charge in [0, 0.05) is 18.2 Å². The first kappa shape index (κ1) is 20.2. The Labute approximate surface area is 167 Å². The van der Waals surface area contributed by atoms with Crippen LogP contribution in [0.4, 0.5) is 0 Å². The summed E-state index contributed by atoms with van der Waals surface area (Å²) in [5, 5.41) is 3.13. The number of nitrogens with one attached hydrogen (secondary N) is 1. The number of piperidine rings is 1. The number of methoxy groups -OCH3 is 2. The summed E-state index contributed by atoms with van der Waals surface area (Å²) in [6, 6.07) is 16.1. The van der Waals surface area contributed by atoms with Crippen LogP contribution in [0.15, 0.2) is 48.5 Å². The van der Waals surface area contributed by atoms with E-state index >= 15 is 0 Å². The van der Waals surface area contributed by atoms with Crippen molar-refractivity contribution in [3.63, 3.8) is 0 Å². The standard InChI is InChI=1S/C23H30N2O3/c1-27-21-12-11-19(16-22(21)28-2)23(26)24-17-20(25-13-7-4-8-14-25)15-18-9-5-3-6-10-18/h3,5-6,9-12,16,20H,4,7-8,13-15,17H2,1-2H3,(H,24,26). The maximum absolute atomic E-state index is 12.7. The van der Waals surface area contributed by atoms with Gasteiger partial charge < -0.3 is 14.8 Å². The van der Waals surface area contributed by atoms with Gasteiger partial charge in [0.2, 0.25) is 0 Å². The molecular formula is C23H30N2O3. The second kappa shape index (κ2) is 10.1. The Morgan fingerprint density at radius 1 is 1.00 bits per heavy atom. The minimum absolute atomic E-state index is 0.0870. The van der Waals surface area contributed by atoms with Crippen molar-refractivity contribution < 1.29 is 14.3 Å². The molecule has 1 aliphatic heterocycles. The molecule has 1 aliphatic rings. The van der Waals surface area contributed by atoms with Gasteiger partial charge in [0.05, 0.1) is 14.2 Å². The van der Waals surface area contributed by atoms with Crippen molar-refractivity contribution in [2.45, 2.75) is 31.7 Å². The number of nitrogens with zero attached hydrogens (tertiary/aromatic N) is 1. The van der Waals surface area contributed by atoms with Gasteiger partial charge in [-0.3, -0.25) is 9.69 Å². The summed E-state index contributed by atoms with van der Waals surface area (Å²) in [5.41, 5.74) is 1.88. The van der Waals surface area contributed by atoms with Crippen molar-refractivity contribution >= 4 is 5.91 Å². The lowest BCUT2D eigenvalue weighted by Gasteiger charge is -2.35. The van der Waals surface area contributed by atoms with E-state index in [1.54, 1.807) is 32.4 Å². The summed E-state index contributed by atoms with van der Waals surface area (Å²) in [5.74, 6) is 1.09. The van der Waals surface area contributed by atoms with Gasteiger partial charge >= 0.3 is 0 Å². The van der Waals surface area contributed by atoms with Gasteiger partial charge in [0.25, 0.3) is 5.91 Å². The van der Waals surface area contributed by atoms with Crippen molar-refractivity contribution in [2.24, 2.45) is 0 Å². The zero-order valence-electron chi connectivity index (χ0n) is 16.8. The van der Waals surface area contributed by atoms with Crippen molar-refractivity contribution in [1.29, 1.82) is 0 Å². The smallest absolute Gasteiger partial charge is 0.251 e. The van der Waals surface area contributed by atoms with Crippen LogP contribution in [0.5, 0.6) is 11.5 Å². The highest BCUT2D eigenvalue weighted by molar-refractivity contribution is 5.94. The summed E-state index contributed by atoms with van der Waals surface area (Å²) >= 11 is 0. The third-order valence-electron chi connectivity index (χ3n) is 5.37. The lowest BCUT2D eigenvalue weighted by atomic mass is 10.0. The van der Waals surface area contributed by atoms with Crippen LogP contribution in [-0.4, -0.2) is 50.7 Å². The van der Waals surface area contributed by atoms with Crippen LogP contribution in [0.1, 0.15) is 35.2 Å². The zero-order valence-corrected chi connectivity index (χ0v) is 16.8. The molecule has 0 spiro atoms. The number of hydrogen-bond acceptors (Lipinski definition) is 4. The van der Waals surface area contributed by atoms with Crippen LogP contribution in [0.25, 0.3) is 0 Å². The number of benzene rings is 2. The van der Waals surface area contributed by atoms with Gasteiger partial charge in [-0.2, -0.15) is 0 Å². The lowest BCUT2D eigenvalue weighted by Crippen LogP contribution is -2.47. The Morgan fingerprint density at radius 3 is 2.39 bits per heavy atom. The van der Waals surface area contributed by atoms with Crippen LogP contribution < -0.4 is 14.8 Å². The van der Waals surface area contributed by atoms with E-state index in [0.29, 0.717) is 29.6 Å². The van der Waals surface area contributed by atoms with Gasteiger partial charge in [0.15, 0.2) is 11.5 Å². The van der Waals surface area contributed by atoms with E-state index in [1.807, 2.05) is 6.07 Å². The lowest BCUT2D eigenvalue weighted by molar-refractivity contribution is 0.0923. The van der Waals surface area contributed by atoms with Crippen molar-refractivity contribution in [2.75, 3.05) is 33.9 Å². The van der Waals surface area contributed by atoms with Crippen LogP contribution >= 0.6 is 0 Å². The number of hydrogen-bond donors (Lipinski definition) is 1. The molecule has 5 heteroatoms. The normalized spacial score (nSPS) is 15.6. The summed E-state index contributed by atoms with van der Waals surface area (Å²) in [6.07, 6.45) is 4.70. The monoisotopic (exact) mass is 382 g/mol. The SMILES string of the molecule is COc1ccc(C(=O)NCC(Cc2ccccc2)N2CCCCC2)cc1OC. The maximum atomic E-state index is 12.7. The molecule has 28 heavy (non-hydrogen) atoms. The first-order valence-electron chi connectivity index (χ1n) is 9.99. The quantitative estimate of drug-likeness (QED) is 0.759. The predicted octanol–water partition coefficient (Wildman–Crippen LogP) is 3.53.